The van der Waals surface area contributed by atoms with Gasteiger partial charge in [-0.25, -0.2) is 0 Å². The Balaban J connectivity index is 1.79. The van der Waals surface area contributed by atoms with Crippen LogP contribution in [0.2, 0.25) is 0 Å². The van der Waals surface area contributed by atoms with Crippen LogP contribution in [0.1, 0.15) is 12.8 Å². The second kappa shape index (κ2) is 4.71. The van der Waals surface area contributed by atoms with Crippen LogP contribution in [0.3, 0.4) is 0 Å². The minimum atomic E-state index is 0.110. The zero-order chi connectivity index (χ0) is 13.2. The van der Waals surface area contributed by atoms with Crippen molar-refractivity contribution in [1.29, 1.82) is 0 Å². The molecule has 4 N–H and O–H groups in total. The van der Waals surface area contributed by atoms with Crippen LogP contribution in [-0.4, -0.2) is 45.7 Å². The highest BCUT2D eigenvalue weighted by molar-refractivity contribution is 5.87. The molecule has 0 bridgehead atoms. The van der Waals surface area contributed by atoms with Gasteiger partial charge in [-0.2, -0.15) is 15.1 Å². The second-order valence-electron chi connectivity index (χ2n) is 4.46. The molecule has 1 saturated heterocycles. The number of aromatic nitrogens is 4. The molecule has 2 aromatic rings. The minimum Gasteiger partial charge on any atom is -0.367 e. The normalized spacial score (nSPS) is 18.6. The Labute approximate surface area is 109 Å². The largest absolute Gasteiger partial charge is 0.367 e. The molecule has 0 radical (unpaired) electrons. The predicted molar refractivity (Wildman–Crippen MR) is 70.9 cm³/mol. The number of anilines is 2. The molecule has 1 unspecified atom stereocenters. The van der Waals surface area contributed by atoms with E-state index in [9.17, 15) is 4.79 Å². The standard InChI is InChI=1S/C11H15N7O/c1-12-11-16-9(7-5-14-18-10(7)17-11)13-4-6-2-3-8(19)15-6/h5-6H,2-4H2,1H3,(H,15,19)(H3,12,13,14,16,17,18). The fourth-order valence-electron chi connectivity index (χ4n) is 2.13. The lowest BCUT2D eigenvalue weighted by Gasteiger charge is -2.12. The molecule has 1 aliphatic rings. The molecule has 8 nitrogen and oxygen atoms in total. The van der Waals surface area contributed by atoms with Crippen LogP contribution < -0.4 is 16.0 Å². The Hall–Kier alpha value is -2.38. The Bertz CT molecular complexity index is 608. The van der Waals surface area contributed by atoms with Crippen LogP contribution in [0.25, 0.3) is 11.0 Å². The van der Waals surface area contributed by atoms with Crippen molar-refractivity contribution in [2.45, 2.75) is 18.9 Å². The van der Waals surface area contributed by atoms with Crippen molar-refractivity contribution in [3.05, 3.63) is 6.20 Å². The molecule has 0 saturated carbocycles. The maximum Gasteiger partial charge on any atom is 0.226 e. The number of nitrogens with one attached hydrogen (secondary N) is 4. The first-order valence-electron chi connectivity index (χ1n) is 6.18. The van der Waals surface area contributed by atoms with Gasteiger partial charge in [-0.1, -0.05) is 0 Å². The number of carbonyl (C=O) groups excluding carboxylic acids is 1. The van der Waals surface area contributed by atoms with Crippen molar-refractivity contribution in [2.24, 2.45) is 0 Å². The number of hydrogen-bond donors (Lipinski definition) is 4. The smallest absolute Gasteiger partial charge is 0.226 e. The quantitative estimate of drug-likeness (QED) is 0.621. The van der Waals surface area contributed by atoms with Gasteiger partial charge >= 0.3 is 0 Å². The summed E-state index contributed by atoms with van der Waals surface area (Å²) < 4.78 is 0. The van der Waals surface area contributed by atoms with E-state index in [1.54, 1.807) is 13.2 Å². The lowest BCUT2D eigenvalue weighted by molar-refractivity contribution is -0.119. The van der Waals surface area contributed by atoms with Gasteiger partial charge in [0.05, 0.1) is 11.6 Å². The van der Waals surface area contributed by atoms with E-state index >= 15 is 0 Å². The van der Waals surface area contributed by atoms with Gasteiger partial charge in [0, 0.05) is 26.1 Å². The summed E-state index contributed by atoms with van der Waals surface area (Å²) in [4.78, 5) is 19.8. The van der Waals surface area contributed by atoms with E-state index in [1.807, 2.05) is 0 Å². The fraction of sp³-hybridized carbons (Fsp3) is 0.455. The molecule has 3 heterocycles. The second-order valence-corrected chi connectivity index (χ2v) is 4.46. The van der Waals surface area contributed by atoms with Crippen molar-refractivity contribution in [3.8, 4) is 0 Å². The average Bonchev–Trinajstić information content (AvgIpc) is 3.04. The van der Waals surface area contributed by atoms with E-state index in [1.165, 1.54) is 0 Å². The molecule has 0 aliphatic carbocycles. The van der Waals surface area contributed by atoms with Gasteiger partial charge in [0.15, 0.2) is 5.65 Å². The SMILES string of the molecule is CNc1nc(NCC2CCC(=O)N2)c2cn[nH]c2n1. The fourth-order valence-corrected chi connectivity index (χ4v) is 2.13. The third kappa shape index (κ3) is 2.28. The van der Waals surface area contributed by atoms with Crippen LogP contribution in [-0.2, 0) is 4.79 Å². The zero-order valence-corrected chi connectivity index (χ0v) is 10.5. The average molecular weight is 261 g/mol. The molecule has 0 spiro atoms. The number of fused-ring (bicyclic) bond motifs is 1. The summed E-state index contributed by atoms with van der Waals surface area (Å²) in [6, 6.07) is 0.155. The number of carbonyl (C=O) groups is 1. The van der Waals surface area contributed by atoms with Crippen LogP contribution in [0.15, 0.2) is 6.20 Å². The molecule has 8 heteroatoms. The highest BCUT2D eigenvalue weighted by Crippen LogP contribution is 2.20. The number of hydrogen-bond acceptors (Lipinski definition) is 6. The summed E-state index contributed by atoms with van der Waals surface area (Å²) in [6.45, 7) is 0.645. The van der Waals surface area contributed by atoms with Gasteiger partial charge in [0.1, 0.15) is 5.82 Å². The summed E-state index contributed by atoms with van der Waals surface area (Å²) in [5.74, 6) is 1.35. The highest BCUT2D eigenvalue weighted by atomic mass is 16.1. The summed E-state index contributed by atoms with van der Waals surface area (Å²) >= 11 is 0. The number of rotatable bonds is 4. The molecule has 1 aliphatic heterocycles. The van der Waals surface area contributed by atoms with E-state index < -0.39 is 0 Å². The lowest BCUT2D eigenvalue weighted by atomic mass is 10.2. The van der Waals surface area contributed by atoms with Gasteiger partial charge < -0.3 is 16.0 Å². The third-order valence-corrected chi connectivity index (χ3v) is 3.13. The molecule has 1 fully saturated rings. The van der Waals surface area contributed by atoms with Gasteiger partial charge in [-0.05, 0) is 6.42 Å². The van der Waals surface area contributed by atoms with Crippen molar-refractivity contribution in [1.82, 2.24) is 25.5 Å². The Morgan fingerprint density at radius 2 is 2.37 bits per heavy atom. The summed E-state index contributed by atoms with van der Waals surface area (Å²) in [5.41, 5.74) is 0.678. The highest BCUT2D eigenvalue weighted by Gasteiger charge is 2.20. The summed E-state index contributed by atoms with van der Waals surface area (Å²) in [6.07, 6.45) is 3.13. The summed E-state index contributed by atoms with van der Waals surface area (Å²) in [7, 11) is 1.76. The zero-order valence-electron chi connectivity index (χ0n) is 10.5. The van der Waals surface area contributed by atoms with Crippen molar-refractivity contribution >= 4 is 28.7 Å². The van der Waals surface area contributed by atoms with E-state index in [4.69, 9.17) is 0 Å². The Kier molecular flexibility index (Phi) is 2.90. The van der Waals surface area contributed by atoms with Crippen LogP contribution in [0.5, 0.6) is 0 Å². The first kappa shape index (κ1) is 11.7. The number of amides is 1. The number of nitrogens with zero attached hydrogens (tertiary/aromatic N) is 3. The van der Waals surface area contributed by atoms with Crippen LogP contribution >= 0.6 is 0 Å². The predicted octanol–water partition coefficient (Wildman–Crippen LogP) is 0.0851. The Morgan fingerprint density at radius 1 is 1.47 bits per heavy atom. The van der Waals surface area contributed by atoms with E-state index in [0.717, 1.165) is 11.8 Å². The molecule has 0 aromatic carbocycles. The number of aromatic amines is 1. The summed E-state index contributed by atoms with van der Waals surface area (Å²) in [5, 5.41) is 16.7. The maximum absolute atomic E-state index is 11.1. The number of H-pyrrole nitrogens is 1. The van der Waals surface area contributed by atoms with Gasteiger partial charge in [0.25, 0.3) is 0 Å². The van der Waals surface area contributed by atoms with Crippen LogP contribution in [0, 0.1) is 0 Å². The maximum atomic E-state index is 11.1. The van der Waals surface area contributed by atoms with Gasteiger partial charge in [-0.3, -0.25) is 9.89 Å². The van der Waals surface area contributed by atoms with Crippen LogP contribution in [0.4, 0.5) is 11.8 Å². The molecular weight excluding hydrogens is 246 g/mol. The Morgan fingerprint density at radius 3 is 3.11 bits per heavy atom. The molecule has 100 valence electrons. The van der Waals surface area contributed by atoms with Crippen molar-refractivity contribution < 1.29 is 4.79 Å². The van der Waals surface area contributed by atoms with E-state index in [-0.39, 0.29) is 11.9 Å². The van der Waals surface area contributed by atoms with Crippen molar-refractivity contribution in [3.63, 3.8) is 0 Å². The van der Waals surface area contributed by atoms with Crippen molar-refractivity contribution in [2.75, 3.05) is 24.2 Å². The molecular formula is C11H15N7O. The first-order valence-corrected chi connectivity index (χ1v) is 6.18. The monoisotopic (exact) mass is 261 g/mol. The molecule has 19 heavy (non-hydrogen) atoms. The topological polar surface area (TPSA) is 108 Å². The molecule has 3 rings (SSSR count). The molecule has 1 amide bonds. The van der Waals surface area contributed by atoms with E-state index in [0.29, 0.717) is 30.4 Å². The van der Waals surface area contributed by atoms with Gasteiger partial charge in [0.2, 0.25) is 11.9 Å². The third-order valence-electron chi connectivity index (χ3n) is 3.13. The van der Waals surface area contributed by atoms with E-state index in [2.05, 4.69) is 36.1 Å². The minimum absolute atomic E-state index is 0.110. The lowest BCUT2D eigenvalue weighted by Crippen LogP contribution is -2.32. The molecule has 2 aromatic heterocycles. The van der Waals surface area contributed by atoms with Gasteiger partial charge in [-0.15, -0.1) is 0 Å². The first-order chi connectivity index (χ1) is 9.26. The molecule has 1 atom stereocenters.